The summed E-state index contributed by atoms with van der Waals surface area (Å²) in [5, 5.41) is 0. The molecule has 0 unspecified atom stereocenters. The zero-order chi connectivity index (χ0) is 11.9. The SMILES string of the molecule is CC1(C)CCCN1c1cc(F)cc(F)c1N. The number of hydrogen-bond donors (Lipinski definition) is 1. The summed E-state index contributed by atoms with van der Waals surface area (Å²) in [6.45, 7) is 4.91. The van der Waals surface area contributed by atoms with Crippen molar-refractivity contribution in [3.63, 3.8) is 0 Å². The number of anilines is 2. The van der Waals surface area contributed by atoms with Gasteiger partial charge in [0.05, 0.1) is 11.4 Å². The quantitative estimate of drug-likeness (QED) is 0.746. The van der Waals surface area contributed by atoms with Gasteiger partial charge < -0.3 is 10.6 Å². The summed E-state index contributed by atoms with van der Waals surface area (Å²) in [7, 11) is 0. The predicted molar refractivity (Wildman–Crippen MR) is 61.4 cm³/mol. The Bertz CT molecular complexity index is 416. The molecule has 0 saturated carbocycles. The first-order valence-corrected chi connectivity index (χ1v) is 5.44. The molecule has 0 amide bonds. The smallest absolute Gasteiger partial charge is 0.151 e. The van der Waals surface area contributed by atoms with E-state index in [-0.39, 0.29) is 11.2 Å². The Labute approximate surface area is 94.0 Å². The molecule has 1 aromatic carbocycles. The molecule has 88 valence electrons. The Kier molecular flexibility index (Phi) is 2.52. The Morgan fingerprint density at radius 3 is 2.56 bits per heavy atom. The fraction of sp³-hybridized carbons (Fsp3) is 0.500. The lowest BCUT2D eigenvalue weighted by Crippen LogP contribution is -2.38. The van der Waals surface area contributed by atoms with Gasteiger partial charge in [-0.25, -0.2) is 8.78 Å². The molecule has 0 spiro atoms. The molecular formula is C12H16F2N2. The van der Waals surface area contributed by atoms with Crippen molar-refractivity contribution in [2.24, 2.45) is 0 Å². The normalized spacial score (nSPS) is 19.1. The number of hydrogen-bond acceptors (Lipinski definition) is 2. The van der Waals surface area contributed by atoms with Crippen molar-refractivity contribution in [2.45, 2.75) is 32.2 Å². The minimum Gasteiger partial charge on any atom is -0.395 e. The van der Waals surface area contributed by atoms with Crippen molar-refractivity contribution in [1.82, 2.24) is 0 Å². The second-order valence-electron chi connectivity index (χ2n) is 4.89. The van der Waals surface area contributed by atoms with Gasteiger partial charge in [0.25, 0.3) is 0 Å². The highest BCUT2D eigenvalue weighted by Crippen LogP contribution is 2.37. The zero-order valence-corrected chi connectivity index (χ0v) is 9.56. The fourth-order valence-electron chi connectivity index (χ4n) is 2.35. The van der Waals surface area contributed by atoms with E-state index in [1.165, 1.54) is 6.07 Å². The van der Waals surface area contributed by atoms with Gasteiger partial charge in [0.15, 0.2) is 5.82 Å². The van der Waals surface area contributed by atoms with Gasteiger partial charge >= 0.3 is 0 Å². The van der Waals surface area contributed by atoms with Gasteiger partial charge in [-0.2, -0.15) is 0 Å². The Morgan fingerprint density at radius 1 is 1.31 bits per heavy atom. The zero-order valence-electron chi connectivity index (χ0n) is 9.56. The Balaban J connectivity index is 2.48. The highest BCUT2D eigenvalue weighted by molar-refractivity contribution is 5.69. The number of nitrogen functional groups attached to an aromatic ring is 1. The maximum absolute atomic E-state index is 13.4. The van der Waals surface area contributed by atoms with Crippen molar-refractivity contribution in [3.8, 4) is 0 Å². The minimum atomic E-state index is -0.683. The second kappa shape index (κ2) is 3.61. The van der Waals surface area contributed by atoms with Crippen LogP contribution in [0.1, 0.15) is 26.7 Å². The molecule has 1 aromatic rings. The van der Waals surface area contributed by atoms with E-state index in [2.05, 4.69) is 13.8 Å². The lowest BCUT2D eigenvalue weighted by atomic mass is 10.0. The standard InChI is InChI=1S/C12H16F2N2/c1-12(2)4-3-5-16(12)10-7-8(13)6-9(14)11(10)15/h6-7H,3-5,15H2,1-2H3. The molecule has 0 aromatic heterocycles. The first kappa shape index (κ1) is 11.2. The molecule has 4 heteroatoms. The third-order valence-electron chi connectivity index (χ3n) is 3.26. The van der Waals surface area contributed by atoms with Crippen LogP contribution in [0.5, 0.6) is 0 Å². The van der Waals surface area contributed by atoms with Gasteiger partial charge in [-0.05, 0) is 32.8 Å². The summed E-state index contributed by atoms with van der Waals surface area (Å²) in [5.41, 5.74) is 6.09. The summed E-state index contributed by atoms with van der Waals surface area (Å²) in [5.74, 6) is -1.26. The van der Waals surface area contributed by atoms with E-state index in [0.717, 1.165) is 25.5 Å². The van der Waals surface area contributed by atoms with E-state index >= 15 is 0 Å². The van der Waals surface area contributed by atoms with Crippen LogP contribution in [0.4, 0.5) is 20.2 Å². The van der Waals surface area contributed by atoms with Crippen molar-refractivity contribution in [3.05, 3.63) is 23.8 Å². The topological polar surface area (TPSA) is 29.3 Å². The number of nitrogens with two attached hydrogens (primary N) is 1. The first-order chi connectivity index (χ1) is 7.42. The second-order valence-corrected chi connectivity index (χ2v) is 4.89. The average molecular weight is 226 g/mol. The number of benzene rings is 1. The monoisotopic (exact) mass is 226 g/mol. The number of nitrogens with zero attached hydrogens (tertiary/aromatic N) is 1. The maximum atomic E-state index is 13.4. The molecule has 1 aliphatic heterocycles. The predicted octanol–water partition coefficient (Wildman–Crippen LogP) is 2.93. The Morgan fingerprint density at radius 2 is 2.00 bits per heavy atom. The molecule has 0 atom stereocenters. The summed E-state index contributed by atoms with van der Waals surface area (Å²) >= 11 is 0. The van der Waals surface area contributed by atoms with Crippen LogP contribution in [0, 0.1) is 11.6 Å². The molecule has 2 nitrogen and oxygen atoms in total. The number of rotatable bonds is 1. The summed E-state index contributed by atoms with van der Waals surface area (Å²) in [6, 6.07) is 2.13. The van der Waals surface area contributed by atoms with Crippen LogP contribution in [-0.4, -0.2) is 12.1 Å². The average Bonchev–Trinajstić information content (AvgIpc) is 2.51. The van der Waals surface area contributed by atoms with E-state index in [1.807, 2.05) is 4.90 Å². The molecule has 0 bridgehead atoms. The molecular weight excluding hydrogens is 210 g/mol. The van der Waals surface area contributed by atoms with Crippen molar-refractivity contribution >= 4 is 11.4 Å². The van der Waals surface area contributed by atoms with Crippen molar-refractivity contribution < 1.29 is 8.78 Å². The van der Waals surface area contributed by atoms with E-state index in [4.69, 9.17) is 5.73 Å². The van der Waals surface area contributed by atoms with Gasteiger partial charge in [-0.15, -0.1) is 0 Å². The molecule has 2 N–H and O–H groups in total. The fourth-order valence-corrected chi connectivity index (χ4v) is 2.35. The minimum absolute atomic E-state index is 0.0383. The highest BCUT2D eigenvalue weighted by Gasteiger charge is 2.33. The molecule has 1 aliphatic rings. The molecule has 16 heavy (non-hydrogen) atoms. The molecule has 2 rings (SSSR count). The molecule has 1 fully saturated rings. The van der Waals surface area contributed by atoms with Gasteiger partial charge in [0.1, 0.15) is 5.82 Å². The van der Waals surface area contributed by atoms with Gasteiger partial charge in [0, 0.05) is 18.2 Å². The molecule has 0 radical (unpaired) electrons. The molecule has 1 heterocycles. The third-order valence-corrected chi connectivity index (χ3v) is 3.26. The van der Waals surface area contributed by atoms with Crippen LogP contribution in [-0.2, 0) is 0 Å². The molecule has 1 saturated heterocycles. The summed E-state index contributed by atoms with van der Waals surface area (Å²) < 4.78 is 26.5. The Hall–Kier alpha value is -1.32. The lowest BCUT2D eigenvalue weighted by Gasteiger charge is -2.34. The van der Waals surface area contributed by atoms with Crippen LogP contribution < -0.4 is 10.6 Å². The van der Waals surface area contributed by atoms with Gasteiger partial charge in [-0.3, -0.25) is 0 Å². The first-order valence-electron chi connectivity index (χ1n) is 5.44. The van der Waals surface area contributed by atoms with E-state index in [1.54, 1.807) is 0 Å². The third kappa shape index (κ3) is 1.72. The van der Waals surface area contributed by atoms with Crippen LogP contribution in [0.15, 0.2) is 12.1 Å². The van der Waals surface area contributed by atoms with E-state index in [0.29, 0.717) is 5.69 Å². The van der Waals surface area contributed by atoms with Crippen molar-refractivity contribution in [2.75, 3.05) is 17.2 Å². The summed E-state index contributed by atoms with van der Waals surface area (Å²) in [4.78, 5) is 1.98. The largest absolute Gasteiger partial charge is 0.395 e. The van der Waals surface area contributed by atoms with Crippen LogP contribution in [0.25, 0.3) is 0 Å². The summed E-state index contributed by atoms with van der Waals surface area (Å²) in [6.07, 6.45) is 2.02. The van der Waals surface area contributed by atoms with E-state index < -0.39 is 11.6 Å². The van der Waals surface area contributed by atoms with Gasteiger partial charge in [-0.1, -0.05) is 0 Å². The highest BCUT2D eigenvalue weighted by atomic mass is 19.1. The lowest BCUT2D eigenvalue weighted by molar-refractivity contribution is 0.514. The van der Waals surface area contributed by atoms with E-state index in [9.17, 15) is 8.78 Å². The maximum Gasteiger partial charge on any atom is 0.151 e. The van der Waals surface area contributed by atoms with Crippen LogP contribution >= 0.6 is 0 Å². The van der Waals surface area contributed by atoms with Crippen LogP contribution in [0.2, 0.25) is 0 Å². The number of halogens is 2. The van der Waals surface area contributed by atoms with Crippen LogP contribution in [0.3, 0.4) is 0 Å². The van der Waals surface area contributed by atoms with Gasteiger partial charge in [0.2, 0.25) is 0 Å². The molecule has 0 aliphatic carbocycles. The van der Waals surface area contributed by atoms with Crippen molar-refractivity contribution in [1.29, 1.82) is 0 Å².